The minimum Gasteiger partial charge on any atom is -0.494 e. The molecule has 6 nitrogen and oxygen atoms in total. The van der Waals surface area contributed by atoms with Crippen molar-refractivity contribution in [2.24, 2.45) is 0 Å². The van der Waals surface area contributed by atoms with Crippen molar-refractivity contribution in [3.63, 3.8) is 0 Å². The summed E-state index contributed by atoms with van der Waals surface area (Å²) in [6.45, 7) is 3.15. The van der Waals surface area contributed by atoms with Crippen molar-refractivity contribution < 1.29 is 19.7 Å². The smallest absolute Gasteiger partial charge is 0.169 e. The molecule has 0 saturated carbocycles. The largest absolute Gasteiger partial charge is 0.494 e. The second-order valence-electron chi connectivity index (χ2n) is 5.93. The number of hydrogen-bond donors (Lipinski definition) is 2. The summed E-state index contributed by atoms with van der Waals surface area (Å²) in [7, 11) is 0. The maximum absolute atomic E-state index is 9.85. The van der Waals surface area contributed by atoms with E-state index < -0.39 is 6.10 Å². The number of benzene rings is 2. The summed E-state index contributed by atoms with van der Waals surface area (Å²) in [4.78, 5) is 4.64. The summed E-state index contributed by atoms with van der Waals surface area (Å²) in [5.74, 6) is 2.34. The van der Waals surface area contributed by atoms with Gasteiger partial charge >= 0.3 is 0 Å². The first kappa shape index (κ1) is 19.5. The van der Waals surface area contributed by atoms with Crippen LogP contribution in [0.25, 0.3) is 11.0 Å². The van der Waals surface area contributed by atoms with Gasteiger partial charge < -0.3 is 24.3 Å². The predicted molar refractivity (Wildman–Crippen MR) is 107 cm³/mol. The Hall–Kier alpha value is -2.22. The van der Waals surface area contributed by atoms with Crippen LogP contribution in [-0.2, 0) is 6.54 Å². The van der Waals surface area contributed by atoms with Gasteiger partial charge in [0.1, 0.15) is 11.5 Å². The molecule has 0 unspecified atom stereocenters. The predicted octanol–water partition coefficient (Wildman–Crippen LogP) is 2.96. The highest BCUT2D eigenvalue weighted by Crippen LogP contribution is 2.25. The number of ether oxygens (including phenoxy) is 2. The number of imidazole rings is 1. The molecule has 0 bridgehead atoms. The van der Waals surface area contributed by atoms with Gasteiger partial charge in [-0.3, -0.25) is 0 Å². The van der Waals surface area contributed by atoms with Crippen LogP contribution in [0.1, 0.15) is 6.92 Å². The minimum atomic E-state index is -0.818. The van der Waals surface area contributed by atoms with Gasteiger partial charge in [-0.1, -0.05) is 23.9 Å². The number of thioether (sulfide) groups is 1. The summed E-state index contributed by atoms with van der Waals surface area (Å²) in [6, 6.07) is 15.3. The molecule has 1 heterocycles. The number of aromatic nitrogens is 2. The first-order valence-corrected chi connectivity index (χ1v) is 9.92. The Bertz CT molecular complexity index is 851. The molecule has 27 heavy (non-hydrogen) atoms. The lowest BCUT2D eigenvalue weighted by Gasteiger charge is -2.12. The molecule has 0 saturated heterocycles. The van der Waals surface area contributed by atoms with Crippen molar-refractivity contribution in [2.45, 2.75) is 24.7 Å². The molecule has 1 aromatic heterocycles. The lowest BCUT2D eigenvalue weighted by Crippen LogP contribution is -2.20. The Morgan fingerprint density at radius 2 is 1.78 bits per heavy atom. The third kappa shape index (κ3) is 5.15. The molecule has 3 rings (SSSR count). The van der Waals surface area contributed by atoms with E-state index in [0.717, 1.165) is 27.7 Å². The molecule has 0 aliphatic heterocycles. The van der Waals surface area contributed by atoms with E-state index in [1.54, 1.807) is 11.8 Å². The topological polar surface area (TPSA) is 76.7 Å². The molecule has 7 heteroatoms. The van der Waals surface area contributed by atoms with Gasteiger partial charge in [0.05, 0.1) is 43.5 Å². The molecule has 1 atom stereocenters. The molecule has 0 aliphatic rings. The van der Waals surface area contributed by atoms with E-state index in [1.165, 1.54) is 0 Å². The summed E-state index contributed by atoms with van der Waals surface area (Å²) < 4.78 is 13.1. The third-order valence-corrected chi connectivity index (χ3v) is 4.88. The molecule has 3 aromatic rings. The Morgan fingerprint density at radius 3 is 2.48 bits per heavy atom. The van der Waals surface area contributed by atoms with Gasteiger partial charge in [-0.2, -0.15) is 0 Å². The number of para-hydroxylation sites is 2. The Morgan fingerprint density at radius 1 is 1.07 bits per heavy atom. The molecule has 144 valence electrons. The first-order valence-electron chi connectivity index (χ1n) is 8.94. The zero-order valence-corrected chi connectivity index (χ0v) is 16.1. The third-order valence-electron chi connectivity index (χ3n) is 3.94. The number of aliphatic hydroxyl groups is 2. The summed E-state index contributed by atoms with van der Waals surface area (Å²) >= 11 is 1.57. The second-order valence-corrected chi connectivity index (χ2v) is 6.99. The highest BCUT2D eigenvalue weighted by Gasteiger charge is 2.14. The van der Waals surface area contributed by atoms with Gasteiger partial charge in [-0.15, -0.1) is 0 Å². The molecule has 0 aliphatic carbocycles. The summed E-state index contributed by atoms with van der Waals surface area (Å²) in [5.41, 5.74) is 1.82. The van der Waals surface area contributed by atoms with Gasteiger partial charge in [-0.25, -0.2) is 4.98 Å². The lowest BCUT2D eigenvalue weighted by atomic mass is 10.3. The quantitative estimate of drug-likeness (QED) is 0.411. The van der Waals surface area contributed by atoms with Crippen LogP contribution in [0.5, 0.6) is 11.5 Å². The Kier molecular flexibility index (Phi) is 6.98. The van der Waals surface area contributed by atoms with E-state index in [9.17, 15) is 10.2 Å². The van der Waals surface area contributed by atoms with Crippen molar-refractivity contribution in [3.05, 3.63) is 48.5 Å². The second kappa shape index (κ2) is 9.64. The number of rotatable bonds is 10. The molecule has 2 N–H and O–H groups in total. The molecular formula is C20H24N2O4S. The molecule has 0 amide bonds. The molecule has 2 aromatic carbocycles. The van der Waals surface area contributed by atoms with Crippen molar-refractivity contribution in [3.8, 4) is 11.5 Å². The van der Waals surface area contributed by atoms with E-state index in [0.29, 0.717) is 25.5 Å². The molecular weight excluding hydrogens is 364 g/mol. The Labute approximate surface area is 162 Å². The van der Waals surface area contributed by atoms with Crippen LogP contribution in [0, 0.1) is 0 Å². The molecule has 0 spiro atoms. The molecule has 0 fully saturated rings. The van der Waals surface area contributed by atoms with Crippen LogP contribution >= 0.6 is 11.8 Å². The van der Waals surface area contributed by atoms with Gasteiger partial charge in [0, 0.05) is 5.75 Å². The van der Waals surface area contributed by atoms with Crippen LogP contribution in [0.15, 0.2) is 53.7 Å². The standard InChI is InChI=1S/C20H24N2O4S/c1-2-25-16-7-9-17(10-8-16)26-11-12-27-20-21-18-5-3-4-6-19(18)22(20)13-15(24)14-23/h3-10,15,23-24H,2,11-14H2,1H3/t15-/m0/s1. The van der Waals surface area contributed by atoms with Crippen molar-refractivity contribution in [1.82, 2.24) is 9.55 Å². The number of fused-ring (bicyclic) bond motifs is 1. The molecule has 0 radical (unpaired) electrons. The van der Waals surface area contributed by atoms with Gasteiger partial charge in [0.25, 0.3) is 0 Å². The average molecular weight is 388 g/mol. The zero-order chi connectivity index (χ0) is 19.1. The highest BCUT2D eigenvalue weighted by molar-refractivity contribution is 7.99. The van der Waals surface area contributed by atoms with Crippen molar-refractivity contribution in [2.75, 3.05) is 25.6 Å². The van der Waals surface area contributed by atoms with E-state index >= 15 is 0 Å². The zero-order valence-electron chi connectivity index (χ0n) is 15.2. The van der Waals surface area contributed by atoms with Crippen molar-refractivity contribution >= 4 is 22.8 Å². The highest BCUT2D eigenvalue weighted by atomic mass is 32.2. The van der Waals surface area contributed by atoms with Gasteiger partial charge in [0.15, 0.2) is 5.16 Å². The fourth-order valence-electron chi connectivity index (χ4n) is 2.70. The Balaban J connectivity index is 1.60. The SMILES string of the molecule is CCOc1ccc(OCCSc2nc3ccccc3n2C[C@H](O)CO)cc1. The number of hydrogen-bond acceptors (Lipinski definition) is 6. The fraction of sp³-hybridized carbons (Fsp3) is 0.350. The van der Waals surface area contributed by atoms with E-state index in [1.807, 2.05) is 60.0 Å². The van der Waals surface area contributed by atoms with Gasteiger partial charge in [-0.05, 0) is 43.3 Å². The normalized spacial score (nSPS) is 12.3. The van der Waals surface area contributed by atoms with Crippen LogP contribution < -0.4 is 9.47 Å². The van der Waals surface area contributed by atoms with E-state index in [-0.39, 0.29) is 6.61 Å². The first-order chi connectivity index (χ1) is 13.2. The van der Waals surface area contributed by atoms with Crippen LogP contribution in [0.4, 0.5) is 0 Å². The maximum atomic E-state index is 9.85. The van der Waals surface area contributed by atoms with Crippen LogP contribution in [-0.4, -0.2) is 51.4 Å². The monoisotopic (exact) mass is 388 g/mol. The van der Waals surface area contributed by atoms with E-state index in [2.05, 4.69) is 4.98 Å². The maximum Gasteiger partial charge on any atom is 0.169 e. The van der Waals surface area contributed by atoms with Gasteiger partial charge in [0.2, 0.25) is 0 Å². The van der Waals surface area contributed by atoms with Crippen LogP contribution in [0.3, 0.4) is 0 Å². The number of aliphatic hydroxyl groups excluding tert-OH is 2. The van der Waals surface area contributed by atoms with Crippen molar-refractivity contribution in [1.29, 1.82) is 0 Å². The summed E-state index contributed by atoms with van der Waals surface area (Å²) in [5, 5.41) is 19.8. The average Bonchev–Trinajstić information content (AvgIpc) is 3.04. The number of nitrogens with zero attached hydrogens (tertiary/aromatic N) is 2. The van der Waals surface area contributed by atoms with E-state index in [4.69, 9.17) is 9.47 Å². The summed E-state index contributed by atoms with van der Waals surface area (Å²) in [6.07, 6.45) is -0.818. The minimum absolute atomic E-state index is 0.280. The fourth-order valence-corrected chi connectivity index (χ4v) is 3.54. The lowest BCUT2D eigenvalue weighted by molar-refractivity contribution is 0.0802. The van der Waals surface area contributed by atoms with Crippen LogP contribution in [0.2, 0.25) is 0 Å².